The van der Waals surface area contributed by atoms with E-state index in [2.05, 4.69) is 11.9 Å². The number of ether oxygens (including phenoxy) is 2. The highest BCUT2D eigenvalue weighted by Gasteiger charge is 2.13. The summed E-state index contributed by atoms with van der Waals surface area (Å²) in [5.74, 6) is 0.472. The molecule has 0 radical (unpaired) electrons. The fourth-order valence-corrected chi connectivity index (χ4v) is 1.80. The van der Waals surface area contributed by atoms with Crippen molar-refractivity contribution >= 4 is 11.7 Å². The first-order valence-electron chi connectivity index (χ1n) is 6.83. The fraction of sp³-hybridized carbons (Fsp3) is 0.250. The Bertz CT molecular complexity index is 624. The molecule has 0 saturated carbocycles. The van der Waals surface area contributed by atoms with Crippen LogP contribution in [0.4, 0.5) is 5.69 Å². The zero-order valence-electron chi connectivity index (χ0n) is 12.1. The number of anilines is 1. The summed E-state index contributed by atoms with van der Waals surface area (Å²) in [6.45, 7) is 4.11. The van der Waals surface area contributed by atoms with E-state index in [9.17, 15) is 4.79 Å². The molecule has 5 nitrogen and oxygen atoms in total. The van der Waals surface area contributed by atoms with Gasteiger partial charge in [-0.1, -0.05) is 19.1 Å². The van der Waals surface area contributed by atoms with Gasteiger partial charge in [0.15, 0.2) is 0 Å². The Hall–Kier alpha value is -2.56. The molecule has 0 saturated heterocycles. The topological polar surface area (TPSA) is 74.4 Å². The molecule has 1 aromatic carbocycles. The van der Waals surface area contributed by atoms with Crippen molar-refractivity contribution in [2.75, 3.05) is 12.3 Å². The maximum atomic E-state index is 11.8. The summed E-state index contributed by atoms with van der Waals surface area (Å²) in [6.07, 6.45) is 2.36. The molecule has 0 bridgehead atoms. The van der Waals surface area contributed by atoms with Crippen molar-refractivity contribution in [3.05, 3.63) is 47.7 Å². The molecule has 0 aliphatic heterocycles. The number of hydrogen-bond donors (Lipinski definition) is 1. The Balaban J connectivity index is 2.20. The first-order chi connectivity index (χ1) is 10.1. The average molecular weight is 286 g/mol. The normalized spacial score (nSPS) is 10.2. The maximum absolute atomic E-state index is 11.8. The van der Waals surface area contributed by atoms with Crippen LogP contribution in [0, 0.1) is 0 Å². The molecule has 110 valence electrons. The largest absolute Gasteiger partial charge is 0.462 e. The van der Waals surface area contributed by atoms with Crippen LogP contribution >= 0.6 is 0 Å². The number of esters is 1. The van der Waals surface area contributed by atoms with E-state index in [-0.39, 0.29) is 17.9 Å². The Kier molecular flexibility index (Phi) is 4.77. The second-order valence-corrected chi connectivity index (χ2v) is 4.43. The molecule has 0 spiro atoms. The minimum absolute atomic E-state index is 0.257. The number of aryl methyl sites for hydroxylation is 1. The summed E-state index contributed by atoms with van der Waals surface area (Å²) in [5, 5.41) is 0. The molecular weight excluding hydrogens is 268 g/mol. The van der Waals surface area contributed by atoms with Crippen molar-refractivity contribution < 1.29 is 14.3 Å². The molecule has 1 aromatic heterocycles. The lowest BCUT2D eigenvalue weighted by Gasteiger charge is -2.09. The van der Waals surface area contributed by atoms with E-state index in [4.69, 9.17) is 15.2 Å². The van der Waals surface area contributed by atoms with Crippen molar-refractivity contribution in [1.82, 2.24) is 4.98 Å². The Labute approximate surface area is 123 Å². The van der Waals surface area contributed by atoms with Crippen LogP contribution in [0.1, 0.15) is 29.8 Å². The fourth-order valence-electron chi connectivity index (χ4n) is 1.80. The van der Waals surface area contributed by atoms with E-state index in [1.54, 1.807) is 6.92 Å². The molecule has 2 N–H and O–H groups in total. The number of carbonyl (C=O) groups is 1. The second kappa shape index (κ2) is 6.74. The van der Waals surface area contributed by atoms with Gasteiger partial charge in [-0.05, 0) is 31.0 Å². The predicted octanol–water partition coefficient (Wildman–Crippen LogP) is 3.20. The quantitative estimate of drug-likeness (QED) is 0.854. The molecule has 0 fully saturated rings. The standard InChI is InChI=1S/C16H18N2O3/c1-3-11-5-7-12(8-6-11)21-15-9-13(14(17)10-18-15)16(19)20-4-2/h5-10H,3-4,17H2,1-2H3. The van der Waals surface area contributed by atoms with Gasteiger partial charge in [0.1, 0.15) is 5.75 Å². The van der Waals surface area contributed by atoms with Crippen LogP contribution < -0.4 is 10.5 Å². The lowest BCUT2D eigenvalue weighted by molar-refractivity contribution is 0.0527. The van der Waals surface area contributed by atoms with Gasteiger partial charge in [-0.15, -0.1) is 0 Å². The number of nitrogens with zero attached hydrogens (tertiary/aromatic N) is 1. The van der Waals surface area contributed by atoms with E-state index in [0.717, 1.165) is 6.42 Å². The molecule has 2 rings (SSSR count). The van der Waals surface area contributed by atoms with Crippen LogP contribution in [0.25, 0.3) is 0 Å². The molecule has 0 aliphatic carbocycles. The average Bonchev–Trinajstić information content (AvgIpc) is 2.50. The van der Waals surface area contributed by atoms with Crippen LogP contribution in [0.5, 0.6) is 11.6 Å². The van der Waals surface area contributed by atoms with Gasteiger partial charge in [0.05, 0.1) is 24.1 Å². The van der Waals surface area contributed by atoms with Gasteiger partial charge < -0.3 is 15.2 Å². The first-order valence-corrected chi connectivity index (χ1v) is 6.83. The van der Waals surface area contributed by atoms with Gasteiger partial charge in [-0.3, -0.25) is 0 Å². The molecule has 0 amide bonds. The van der Waals surface area contributed by atoms with Gasteiger partial charge >= 0.3 is 5.97 Å². The highest BCUT2D eigenvalue weighted by Crippen LogP contribution is 2.23. The third-order valence-corrected chi connectivity index (χ3v) is 2.96. The number of nitrogens with two attached hydrogens (primary N) is 1. The molecule has 0 unspecified atom stereocenters. The van der Waals surface area contributed by atoms with Gasteiger partial charge in [0.25, 0.3) is 0 Å². The van der Waals surface area contributed by atoms with Crippen molar-refractivity contribution in [2.45, 2.75) is 20.3 Å². The number of benzene rings is 1. The molecule has 0 atom stereocenters. The number of hydrogen-bond acceptors (Lipinski definition) is 5. The monoisotopic (exact) mass is 286 g/mol. The molecule has 1 heterocycles. The zero-order chi connectivity index (χ0) is 15.2. The van der Waals surface area contributed by atoms with E-state index >= 15 is 0 Å². The number of carbonyl (C=O) groups excluding carboxylic acids is 1. The highest BCUT2D eigenvalue weighted by molar-refractivity contribution is 5.95. The van der Waals surface area contributed by atoms with E-state index < -0.39 is 5.97 Å². The van der Waals surface area contributed by atoms with Gasteiger partial charge in [-0.2, -0.15) is 0 Å². The Morgan fingerprint density at radius 3 is 2.57 bits per heavy atom. The second-order valence-electron chi connectivity index (χ2n) is 4.43. The number of rotatable bonds is 5. The molecule has 5 heteroatoms. The first kappa shape index (κ1) is 14.8. The van der Waals surface area contributed by atoms with Crippen LogP contribution in [-0.4, -0.2) is 17.6 Å². The number of aromatic nitrogens is 1. The lowest BCUT2D eigenvalue weighted by Crippen LogP contribution is -2.08. The van der Waals surface area contributed by atoms with Crippen LogP contribution in [-0.2, 0) is 11.2 Å². The molecular formula is C16H18N2O3. The summed E-state index contributed by atoms with van der Waals surface area (Å²) in [6, 6.07) is 9.18. The third-order valence-electron chi connectivity index (χ3n) is 2.96. The van der Waals surface area contributed by atoms with Crippen molar-refractivity contribution in [3.63, 3.8) is 0 Å². The lowest BCUT2D eigenvalue weighted by atomic mass is 10.2. The van der Waals surface area contributed by atoms with Crippen molar-refractivity contribution in [1.29, 1.82) is 0 Å². The Morgan fingerprint density at radius 1 is 1.24 bits per heavy atom. The SMILES string of the molecule is CCOC(=O)c1cc(Oc2ccc(CC)cc2)ncc1N. The van der Waals surface area contributed by atoms with Crippen LogP contribution in [0.15, 0.2) is 36.5 Å². The Morgan fingerprint density at radius 2 is 1.95 bits per heavy atom. The molecule has 21 heavy (non-hydrogen) atoms. The summed E-state index contributed by atoms with van der Waals surface area (Å²) < 4.78 is 10.6. The summed E-state index contributed by atoms with van der Waals surface area (Å²) >= 11 is 0. The minimum atomic E-state index is -0.483. The van der Waals surface area contributed by atoms with Gasteiger partial charge in [0, 0.05) is 6.07 Å². The van der Waals surface area contributed by atoms with E-state index in [1.807, 2.05) is 24.3 Å². The van der Waals surface area contributed by atoms with Crippen LogP contribution in [0.2, 0.25) is 0 Å². The highest BCUT2D eigenvalue weighted by atomic mass is 16.5. The minimum Gasteiger partial charge on any atom is -0.462 e. The summed E-state index contributed by atoms with van der Waals surface area (Å²) in [4.78, 5) is 15.8. The summed E-state index contributed by atoms with van der Waals surface area (Å²) in [7, 11) is 0. The molecule has 2 aromatic rings. The van der Waals surface area contributed by atoms with E-state index in [1.165, 1.54) is 17.8 Å². The number of nitrogen functional groups attached to an aromatic ring is 1. The predicted molar refractivity (Wildman–Crippen MR) is 80.5 cm³/mol. The maximum Gasteiger partial charge on any atom is 0.340 e. The third kappa shape index (κ3) is 3.72. The van der Waals surface area contributed by atoms with Gasteiger partial charge in [0.2, 0.25) is 5.88 Å². The number of pyridine rings is 1. The zero-order valence-corrected chi connectivity index (χ0v) is 12.1. The molecule has 0 aliphatic rings. The van der Waals surface area contributed by atoms with Crippen molar-refractivity contribution in [2.24, 2.45) is 0 Å². The van der Waals surface area contributed by atoms with Gasteiger partial charge in [-0.25, -0.2) is 9.78 Å². The summed E-state index contributed by atoms with van der Waals surface area (Å²) in [5.41, 5.74) is 7.48. The van der Waals surface area contributed by atoms with Crippen LogP contribution in [0.3, 0.4) is 0 Å². The van der Waals surface area contributed by atoms with Crippen molar-refractivity contribution in [3.8, 4) is 11.6 Å². The van der Waals surface area contributed by atoms with E-state index in [0.29, 0.717) is 11.6 Å². The smallest absolute Gasteiger partial charge is 0.340 e.